The van der Waals surface area contributed by atoms with Gasteiger partial charge in [-0.1, -0.05) is 41.4 Å². The Labute approximate surface area is 144 Å². The number of halogens is 2. The molecule has 2 amide bonds. The second kappa shape index (κ2) is 6.60. The molecule has 0 spiro atoms. The highest BCUT2D eigenvalue weighted by molar-refractivity contribution is 6.36. The molecule has 1 fully saturated rings. The molecule has 1 N–H and O–H groups in total. The number of nitrogens with one attached hydrogen (secondary N) is 1. The van der Waals surface area contributed by atoms with E-state index in [0.29, 0.717) is 28.0 Å². The van der Waals surface area contributed by atoms with Crippen LogP contribution in [0.15, 0.2) is 48.5 Å². The van der Waals surface area contributed by atoms with Crippen molar-refractivity contribution < 1.29 is 9.59 Å². The summed E-state index contributed by atoms with van der Waals surface area (Å²) in [5.74, 6) is -0.700. The molecule has 1 saturated heterocycles. The normalized spacial score (nSPS) is 17.4. The molecule has 23 heavy (non-hydrogen) atoms. The predicted molar refractivity (Wildman–Crippen MR) is 92.0 cm³/mol. The van der Waals surface area contributed by atoms with Gasteiger partial charge in [0.1, 0.15) is 0 Å². The summed E-state index contributed by atoms with van der Waals surface area (Å²) >= 11 is 12.0. The van der Waals surface area contributed by atoms with Gasteiger partial charge in [0.05, 0.1) is 16.6 Å². The molecule has 2 aromatic rings. The topological polar surface area (TPSA) is 49.4 Å². The lowest BCUT2D eigenvalue weighted by Crippen LogP contribution is -2.28. The summed E-state index contributed by atoms with van der Waals surface area (Å²) in [5.41, 5.74) is 1.30. The van der Waals surface area contributed by atoms with E-state index in [1.165, 1.54) is 4.90 Å². The number of benzene rings is 2. The van der Waals surface area contributed by atoms with Crippen molar-refractivity contribution in [3.05, 3.63) is 58.6 Å². The van der Waals surface area contributed by atoms with Gasteiger partial charge in [0.2, 0.25) is 11.8 Å². The first kappa shape index (κ1) is 15.8. The van der Waals surface area contributed by atoms with E-state index in [4.69, 9.17) is 23.2 Å². The molecule has 3 rings (SSSR count). The molecule has 0 bridgehead atoms. The van der Waals surface area contributed by atoms with Gasteiger partial charge in [-0.2, -0.15) is 0 Å². The molecule has 1 aliphatic rings. The maximum absolute atomic E-state index is 12.3. The Hall–Kier alpha value is -2.04. The Balaban J connectivity index is 1.73. The number of para-hydroxylation sites is 1. The van der Waals surface area contributed by atoms with Crippen LogP contribution in [-0.2, 0) is 9.59 Å². The summed E-state index contributed by atoms with van der Waals surface area (Å²) in [7, 11) is 0. The maximum Gasteiger partial charge on any atom is 0.229 e. The third-order valence-electron chi connectivity index (χ3n) is 3.74. The van der Waals surface area contributed by atoms with E-state index in [-0.39, 0.29) is 18.2 Å². The molecule has 6 heteroatoms. The summed E-state index contributed by atoms with van der Waals surface area (Å²) in [6, 6.07) is 14.1. The molecular formula is C17H14Cl2N2O2. The zero-order valence-electron chi connectivity index (χ0n) is 12.1. The quantitative estimate of drug-likeness (QED) is 0.911. The Morgan fingerprint density at radius 2 is 1.87 bits per heavy atom. The molecule has 1 heterocycles. The molecule has 0 radical (unpaired) electrons. The van der Waals surface area contributed by atoms with Crippen LogP contribution in [0.2, 0.25) is 10.0 Å². The highest BCUT2D eigenvalue weighted by Crippen LogP contribution is 2.33. The van der Waals surface area contributed by atoms with Gasteiger partial charge in [-0.3, -0.25) is 9.59 Å². The lowest BCUT2D eigenvalue weighted by atomic mass is 10.1. The zero-order chi connectivity index (χ0) is 16.4. The van der Waals surface area contributed by atoms with Crippen LogP contribution in [0, 0.1) is 5.92 Å². The van der Waals surface area contributed by atoms with Gasteiger partial charge in [0.15, 0.2) is 0 Å². The predicted octanol–water partition coefficient (Wildman–Crippen LogP) is 3.99. The smallest absolute Gasteiger partial charge is 0.229 e. The van der Waals surface area contributed by atoms with E-state index in [0.717, 1.165) is 0 Å². The van der Waals surface area contributed by atoms with E-state index < -0.39 is 5.92 Å². The van der Waals surface area contributed by atoms with Gasteiger partial charge < -0.3 is 10.2 Å². The third kappa shape index (κ3) is 3.49. The first-order chi connectivity index (χ1) is 11.0. The average molecular weight is 349 g/mol. The van der Waals surface area contributed by atoms with Crippen molar-refractivity contribution in [2.45, 2.75) is 6.42 Å². The Morgan fingerprint density at radius 3 is 2.57 bits per heavy atom. The van der Waals surface area contributed by atoms with Gasteiger partial charge in [0, 0.05) is 23.7 Å². The first-order valence-electron chi connectivity index (χ1n) is 7.16. The number of rotatable bonds is 3. The molecule has 2 aromatic carbocycles. The number of hydrogen-bond acceptors (Lipinski definition) is 2. The second-order valence-electron chi connectivity index (χ2n) is 5.36. The van der Waals surface area contributed by atoms with Crippen LogP contribution in [0.4, 0.5) is 11.4 Å². The van der Waals surface area contributed by atoms with Gasteiger partial charge in [-0.25, -0.2) is 0 Å². The largest absolute Gasteiger partial charge is 0.326 e. The van der Waals surface area contributed by atoms with Crippen molar-refractivity contribution in [1.29, 1.82) is 0 Å². The number of nitrogens with zero attached hydrogens (tertiary/aromatic N) is 1. The van der Waals surface area contributed by atoms with Gasteiger partial charge >= 0.3 is 0 Å². The number of amides is 2. The average Bonchev–Trinajstić information content (AvgIpc) is 2.90. The molecule has 118 valence electrons. The van der Waals surface area contributed by atoms with E-state index in [9.17, 15) is 9.59 Å². The van der Waals surface area contributed by atoms with Crippen LogP contribution in [0.1, 0.15) is 6.42 Å². The van der Waals surface area contributed by atoms with Crippen molar-refractivity contribution in [3.8, 4) is 0 Å². The fourth-order valence-corrected chi connectivity index (χ4v) is 3.09. The maximum atomic E-state index is 12.3. The lowest BCUT2D eigenvalue weighted by molar-refractivity contribution is -0.122. The number of carbonyl (C=O) groups excluding carboxylic acids is 2. The summed E-state index contributed by atoms with van der Waals surface area (Å²) < 4.78 is 0. The molecular weight excluding hydrogens is 335 g/mol. The minimum absolute atomic E-state index is 0.123. The van der Waals surface area contributed by atoms with Crippen LogP contribution in [-0.4, -0.2) is 18.4 Å². The first-order valence-corrected chi connectivity index (χ1v) is 7.91. The minimum Gasteiger partial charge on any atom is -0.326 e. The van der Waals surface area contributed by atoms with Gasteiger partial charge in [-0.05, 0) is 30.3 Å². The van der Waals surface area contributed by atoms with E-state index in [1.54, 1.807) is 18.2 Å². The van der Waals surface area contributed by atoms with E-state index in [2.05, 4.69) is 5.32 Å². The number of hydrogen-bond donors (Lipinski definition) is 1. The molecule has 1 atom stereocenters. The summed E-state index contributed by atoms with van der Waals surface area (Å²) in [6.07, 6.45) is 0.164. The van der Waals surface area contributed by atoms with E-state index >= 15 is 0 Å². The van der Waals surface area contributed by atoms with Crippen molar-refractivity contribution in [2.75, 3.05) is 16.8 Å². The monoisotopic (exact) mass is 348 g/mol. The summed E-state index contributed by atoms with van der Waals surface area (Å²) in [4.78, 5) is 26.1. The van der Waals surface area contributed by atoms with E-state index in [1.807, 2.05) is 30.3 Å². The van der Waals surface area contributed by atoms with Crippen molar-refractivity contribution in [3.63, 3.8) is 0 Å². The van der Waals surface area contributed by atoms with Crippen LogP contribution in [0.25, 0.3) is 0 Å². The molecule has 1 aliphatic heterocycles. The fraction of sp³-hybridized carbons (Fsp3) is 0.176. The highest BCUT2D eigenvalue weighted by Gasteiger charge is 2.35. The van der Waals surface area contributed by atoms with Crippen LogP contribution in [0.5, 0.6) is 0 Å². The summed E-state index contributed by atoms with van der Waals surface area (Å²) in [6.45, 7) is 0.304. The SMILES string of the molecule is O=C(Nc1ccccc1)C1CC(=O)N(c2ccc(Cl)cc2Cl)C1. The lowest BCUT2D eigenvalue weighted by Gasteiger charge is -2.18. The third-order valence-corrected chi connectivity index (χ3v) is 4.28. The van der Waals surface area contributed by atoms with Gasteiger partial charge in [-0.15, -0.1) is 0 Å². The molecule has 0 aliphatic carbocycles. The zero-order valence-corrected chi connectivity index (χ0v) is 13.6. The second-order valence-corrected chi connectivity index (χ2v) is 6.20. The Morgan fingerprint density at radius 1 is 1.13 bits per heavy atom. The standard InChI is InChI=1S/C17H14Cl2N2O2/c18-12-6-7-15(14(19)9-12)21-10-11(8-16(21)22)17(23)20-13-4-2-1-3-5-13/h1-7,9,11H,8,10H2,(H,20,23). The molecule has 0 saturated carbocycles. The van der Waals surface area contributed by atoms with Crippen LogP contribution in [0.3, 0.4) is 0 Å². The Bertz CT molecular complexity index is 750. The molecule has 0 aromatic heterocycles. The highest BCUT2D eigenvalue weighted by atomic mass is 35.5. The van der Waals surface area contributed by atoms with Crippen molar-refractivity contribution in [1.82, 2.24) is 0 Å². The van der Waals surface area contributed by atoms with Gasteiger partial charge in [0.25, 0.3) is 0 Å². The van der Waals surface area contributed by atoms with Crippen molar-refractivity contribution in [2.24, 2.45) is 5.92 Å². The fourth-order valence-electron chi connectivity index (χ4n) is 2.58. The summed E-state index contributed by atoms with van der Waals surface area (Å²) in [5, 5.41) is 3.73. The van der Waals surface area contributed by atoms with Crippen LogP contribution < -0.4 is 10.2 Å². The van der Waals surface area contributed by atoms with Crippen molar-refractivity contribution >= 4 is 46.4 Å². The van der Waals surface area contributed by atoms with Crippen LogP contribution >= 0.6 is 23.2 Å². The minimum atomic E-state index is -0.408. The Kier molecular flexibility index (Phi) is 4.55. The molecule has 1 unspecified atom stereocenters. The number of carbonyl (C=O) groups is 2. The molecule has 4 nitrogen and oxygen atoms in total. The number of anilines is 2.